The maximum absolute atomic E-state index is 6.69. The maximum atomic E-state index is 6.69. The molecule has 3 heterocycles. The molecule has 2 nitrogen and oxygen atoms in total. The molecule has 2 aliphatic carbocycles. The largest absolute Gasteiger partial charge is 0.359 e. The second-order valence-corrected chi connectivity index (χ2v) is 6.69. The third kappa shape index (κ3) is 0.896. The minimum Gasteiger partial charge on any atom is -0.359 e. The quantitative estimate of drug-likeness (QED) is 0.585. The van der Waals surface area contributed by atoms with Gasteiger partial charge in [-0.2, -0.15) is 0 Å². The van der Waals surface area contributed by atoms with E-state index in [1.807, 2.05) is 0 Å². The molecule has 0 unspecified atom stereocenters. The molecule has 90 valence electrons. The molecule has 0 amide bonds. The molecule has 2 bridgehead atoms. The van der Waals surface area contributed by atoms with Gasteiger partial charge < -0.3 is 4.74 Å². The second kappa shape index (κ2) is 2.69. The molecule has 3 fully saturated rings. The Labute approximate surface area is 102 Å². The minimum atomic E-state index is 0.0685. The van der Waals surface area contributed by atoms with Crippen LogP contribution >= 0.6 is 0 Å². The van der Waals surface area contributed by atoms with Crippen molar-refractivity contribution in [1.29, 1.82) is 0 Å². The number of hydrogen-bond donors (Lipinski definition) is 0. The van der Waals surface area contributed by atoms with Crippen LogP contribution in [0.2, 0.25) is 0 Å². The summed E-state index contributed by atoms with van der Waals surface area (Å²) in [6.45, 7) is 1.09. The summed E-state index contributed by atoms with van der Waals surface area (Å²) in [5, 5.41) is 0. The monoisotopic (exact) mass is 229 g/mol. The number of nitrogens with zero attached hydrogens (tertiary/aromatic N) is 1. The molecule has 2 heteroatoms. The maximum Gasteiger partial charge on any atom is 0.0959 e. The Morgan fingerprint density at radius 1 is 1.12 bits per heavy atom. The van der Waals surface area contributed by atoms with Gasteiger partial charge in [-0.3, -0.25) is 4.99 Å². The van der Waals surface area contributed by atoms with Crippen LogP contribution in [-0.2, 0) is 4.74 Å². The highest BCUT2D eigenvalue weighted by molar-refractivity contribution is 5.95. The molecule has 2 spiro atoms. The molecule has 0 aromatic rings. The Kier molecular flexibility index (Phi) is 1.47. The fraction of sp³-hybridized carbons (Fsp3) is 0.800. The van der Waals surface area contributed by atoms with Crippen molar-refractivity contribution in [2.75, 3.05) is 6.54 Å². The van der Waals surface area contributed by atoms with Crippen LogP contribution in [0.3, 0.4) is 0 Å². The number of ether oxygens (including phenoxy) is 1. The van der Waals surface area contributed by atoms with E-state index in [4.69, 9.17) is 9.73 Å². The Balaban J connectivity index is 1.72. The zero-order chi connectivity index (χ0) is 11.1. The van der Waals surface area contributed by atoms with Gasteiger partial charge in [0.05, 0.1) is 11.2 Å². The van der Waals surface area contributed by atoms with E-state index in [1.54, 1.807) is 5.71 Å². The molecule has 1 saturated heterocycles. The molecule has 5 aliphatic rings. The van der Waals surface area contributed by atoms with Crippen LogP contribution in [0.4, 0.5) is 0 Å². The molecular formula is C15H19NO. The highest BCUT2D eigenvalue weighted by atomic mass is 16.5. The summed E-state index contributed by atoms with van der Waals surface area (Å²) in [6, 6.07) is 0. The van der Waals surface area contributed by atoms with E-state index >= 15 is 0 Å². The number of fused-ring (bicyclic) bond motifs is 1. The minimum absolute atomic E-state index is 0.0685. The molecule has 5 atom stereocenters. The average molecular weight is 229 g/mol. The summed E-state index contributed by atoms with van der Waals surface area (Å²) in [6.07, 6.45) is 12.7. The van der Waals surface area contributed by atoms with Crippen molar-refractivity contribution in [1.82, 2.24) is 0 Å². The van der Waals surface area contributed by atoms with E-state index in [2.05, 4.69) is 12.2 Å². The summed E-state index contributed by atoms with van der Waals surface area (Å²) in [5.74, 6) is 2.06. The van der Waals surface area contributed by atoms with Gasteiger partial charge in [-0.1, -0.05) is 12.2 Å². The van der Waals surface area contributed by atoms with Crippen LogP contribution in [0, 0.1) is 17.8 Å². The average Bonchev–Trinajstić information content (AvgIpc) is 2.99. The van der Waals surface area contributed by atoms with Gasteiger partial charge in [0, 0.05) is 24.1 Å². The van der Waals surface area contributed by atoms with E-state index in [9.17, 15) is 0 Å². The van der Waals surface area contributed by atoms with E-state index in [-0.39, 0.29) is 11.2 Å². The van der Waals surface area contributed by atoms with Gasteiger partial charge >= 0.3 is 0 Å². The van der Waals surface area contributed by atoms with Crippen LogP contribution in [0.1, 0.15) is 38.5 Å². The van der Waals surface area contributed by atoms with Crippen LogP contribution in [0.25, 0.3) is 0 Å². The lowest BCUT2D eigenvalue weighted by atomic mass is 9.64. The lowest BCUT2D eigenvalue weighted by Gasteiger charge is -2.51. The first-order valence-electron chi connectivity index (χ1n) is 7.28. The lowest BCUT2D eigenvalue weighted by Crippen LogP contribution is -2.57. The van der Waals surface area contributed by atoms with Gasteiger partial charge in [0.15, 0.2) is 0 Å². The van der Waals surface area contributed by atoms with Crippen molar-refractivity contribution in [2.45, 2.75) is 49.7 Å². The topological polar surface area (TPSA) is 21.6 Å². The van der Waals surface area contributed by atoms with Crippen LogP contribution in [0.15, 0.2) is 17.1 Å². The van der Waals surface area contributed by atoms with Crippen molar-refractivity contribution in [3.8, 4) is 0 Å². The molecule has 17 heavy (non-hydrogen) atoms. The molecule has 0 radical (unpaired) electrons. The van der Waals surface area contributed by atoms with Crippen LogP contribution in [-0.4, -0.2) is 23.5 Å². The van der Waals surface area contributed by atoms with E-state index in [1.165, 1.54) is 38.5 Å². The molecule has 0 N–H and O–H groups in total. The second-order valence-electron chi connectivity index (χ2n) is 6.69. The third-order valence-electron chi connectivity index (χ3n) is 6.00. The zero-order valence-corrected chi connectivity index (χ0v) is 10.2. The normalized spacial score (nSPS) is 57.9. The summed E-state index contributed by atoms with van der Waals surface area (Å²) in [4.78, 5) is 4.97. The Hall–Kier alpha value is -0.630. The first-order chi connectivity index (χ1) is 8.33. The Morgan fingerprint density at radius 2 is 1.94 bits per heavy atom. The zero-order valence-electron chi connectivity index (χ0n) is 10.2. The number of aliphatic imine (C=N–C) groups is 1. The van der Waals surface area contributed by atoms with Crippen molar-refractivity contribution in [3.63, 3.8) is 0 Å². The Bertz CT molecular complexity index is 454. The van der Waals surface area contributed by atoms with Gasteiger partial charge in [0.2, 0.25) is 0 Å². The first kappa shape index (κ1) is 9.32. The van der Waals surface area contributed by atoms with E-state index in [0.717, 1.165) is 12.5 Å². The predicted octanol–water partition coefficient (Wildman–Crippen LogP) is 2.74. The summed E-state index contributed by atoms with van der Waals surface area (Å²) < 4.78 is 6.69. The van der Waals surface area contributed by atoms with Gasteiger partial charge in [0.25, 0.3) is 0 Å². The predicted molar refractivity (Wildman–Crippen MR) is 66.2 cm³/mol. The van der Waals surface area contributed by atoms with Gasteiger partial charge in [-0.25, -0.2) is 0 Å². The third-order valence-corrected chi connectivity index (χ3v) is 6.00. The van der Waals surface area contributed by atoms with Gasteiger partial charge in [0.1, 0.15) is 0 Å². The Morgan fingerprint density at radius 3 is 2.94 bits per heavy atom. The summed E-state index contributed by atoms with van der Waals surface area (Å²) in [5.41, 5.74) is 1.70. The van der Waals surface area contributed by atoms with Crippen molar-refractivity contribution >= 4 is 5.71 Å². The van der Waals surface area contributed by atoms with Crippen LogP contribution < -0.4 is 0 Å². The van der Waals surface area contributed by atoms with Gasteiger partial charge in [-0.15, -0.1) is 0 Å². The smallest absolute Gasteiger partial charge is 0.0959 e. The summed E-state index contributed by atoms with van der Waals surface area (Å²) >= 11 is 0. The molecule has 2 saturated carbocycles. The van der Waals surface area contributed by atoms with Gasteiger partial charge in [-0.05, 0) is 44.4 Å². The number of rotatable bonds is 0. The van der Waals surface area contributed by atoms with E-state index in [0.29, 0.717) is 11.8 Å². The number of hydrogen-bond acceptors (Lipinski definition) is 2. The highest BCUT2D eigenvalue weighted by Crippen LogP contribution is 2.61. The standard InChI is InChI=1S/C15H19NO/c1-3-10-9-16-13-11-4-2-5-14(11)7-8-15(6-1,17-14)12(10)13/h7-8,10-12H,1-6,9H2/t10-,11+,12-,14-,15+/m1/s1. The molecule has 0 aromatic carbocycles. The van der Waals surface area contributed by atoms with Crippen molar-refractivity contribution < 1.29 is 4.74 Å². The summed E-state index contributed by atoms with van der Waals surface area (Å²) in [7, 11) is 0. The highest BCUT2D eigenvalue weighted by Gasteiger charge is 2.65. The fourth-order valence-electron chi connectivity index (χ4n) is 5.42. The van der Waals surface area contributed by atoms with E-state index < -0.39 is 0 Å². The van der Waals surface area contributed by atoms with Crippen LogP contribution in [0.5, 0.6) is 0 Å². The molecule has 3 aliphatic heterocycles. The first-order valence-corrected chi connectivity index (χ1v) is 7.28. The van der Waals surface area contributed by atoms with Crippen molar-refractivity contribution in [3.05, 3.63) is 12.2 Å². The molecule has 0 aromatic heterocycles. The molecule has 5 rings (SSSR count). The lowest BCUT2D eigenvalue weighted by molar-refractivity contribution is -0.149. The fourth-order valence-corrected chi connectivity index (χ4v) is 5.42. The SMILES string of the molecule is C1=C[C@]23CCC[C@H]2C2=NC[C@H]4CCC[C@@]1(O3)[C@@H]24. The molecular weight excluding hydrogens is 210 g/mol. The van der Waals surface area contributed by atoms with Crippen molar-refractivity contribution in [2.24, 2.45) is 22.7 Å².